The lowest BCUT2D eigenvalue weighted by Crippen LogP contribution is -2.58. The number of benzene rings is 1. The van der Waals surface area contributed by atoms with Gasteiger partial charge in [-0.25, -0.2) is 9.18 Å². The number of carbonyl (C=O) groups is 2. The number of carbonyl (C=O) groups excluding carboxylic acids is 2. The van der Waals surface area contributed by atoms with E-state index in [0.717, 1.165) is 17.7 Å². The number of ether oxygens (including phenoxy) is 1. The number of morpholine rings is 1. The van der Waals surface area contributed by atoms with Gasteiger partial charge >= 0.3 is 6.03 Å². The van der Waals surface area contributed by atoms with Crippen LogP contribution in [0.2, 0.25) is 0 Å². The SMILES string of the molecule is CCN1C(=O)N(Cc2ccc(F)cc2)C(=N)C(=C(O)CN2CCCC[C@@H]2C(=O)N2CCOCC2)C1O. The number of likely N-dealkylation sites (tertiary alicyclic amines) is 1. The molecule has 0 saturated carbocycles. The Labute approximate surface area is 210 Å². The van der Waals surface area contributed by atoms with Gasteiger partial charge in [-0.05, 0) is 44.0 Å². The van der Waals surface area contributed by atoms with Crippen molar-refractivity contribution in [3.05, 3.63) is 47.0 Å². The highest BCUT2D eigenvalue weighted by molar-refractivity contribution is 6.09. The van der Waals surface area contributed by atoms with Gasteiger partial charge in [0.05, 0.1) is 37.9 Å². The van der Waals surface area contributed by atoms with Crippen LogP contribution in [-0.2, 0) is 16.1 Å². The average Bonchev–Trinajstić information content (AvgIpc) is 2.88. The van der Waals surface area contributed by atoms with Gasteiger partial charge in [-0.2, -0.15) is 0 Å². The lowest BCUT2D eigenvalue weighted by atomic mass is 9.99. The van der Waals surface area contributed by atoms with E-state index in [9.17, 15) is 24.2 Å². The number of amidine groups is 1. The molecular weight excluding hydrogens is 469 g/mol. The monoisotopic (exact) mass is 503 g/mol. The van der Waals surface area contributed by atoms with Crippen molar-refractivity contribution in [2.24, 2.45) is 0 Å². The molecule has 3 N–H and O–H groups in total. The highest BCUT2D eigenvalue weighted by atomic mass is 19.1. The first-order chi connectivity index (χ1) is 17.3. The van der Waals surface area contributed by atoms with E-state index in [0.29, 0.717) is 44.8 Å². The standard InChI is InChI=1S/C25H34FN5O5/c1-2-30-24(34)21(22(27)31(25(30)35)15-17-6-8-18(26)9-7-17)20(32)16-29-10-4-3-5-19(29)23(33)28-11-13-36-14-12-28/h6-9,19,24,27,32,34H,2-5,10-16H2,1H3/t19-,24?/m1/s1. The topological polar surface area (TPSA) is 121 Å². The summed E-state index contributed by atoms with van der Waals surface area (Å²) in [5.41, 5.74) is 0.537. The summed E-state index contributed by atoms with van der Waals surface area (Å²) in [5.74, 6) is -0.972. The molecule has 196 valence electrons. The number of hydrogen-bond donors (Lipinski definition) is 3. The Morgan fingerprint density at radius 2 is 1.86 bits per heavy atom. The van der Waals surface area contributed by atoms with Crippen LogP contribution in [0.3, 0.4) is 0 Å². The zero-order chi connectivity index (χ0) is 25.8. The lowest BCUT2D eigenvalue weighted by Gasteiger charge is -2.42. The minimum Gasteiger partial charge on any atom is -0.510 e. The molecule has 0 radical (unpaired) electrons. The Balaban J connectivity index is 1.58. The van der Waals surface area contributed by atoms with E-state index in [1.54, 1.807) is 11.8 Å². The zero-order valence-electron chi connectivity index (χ0n) is 20.5. The molecule has 1 aromatic rings. The van der Waals surface area contributed by atoms with Crippen LogP contribution in [0.25, 0.3) is 0 Å². The molecule has 3 saturated heterocycles. The normalized spacial score (nSPS) is 25.4. The molecule has 2 atom stereocenters. The van der Waals surface area contributed by atoms with Crippen molar-refractivity contribution in [2.75, 3.05) is 45.9 Å². The lowest BCUT2D eigenvalue weighted by molar-refractivity contribution is -0.142. The number of piperidine rings is 1. The Kier molecular flexibility index (Phi) is 8.22. The van der Waals surface area contributed by atoms with E-state index in [2.05, 4.69) is 0 Å². The van der Waals surface area contributed by atoms with Gasteiger partial charge < -0.3 is 19.8 Å². The maximum Gasteiger partial charge on any atom is 0.328 e. The molecular formula is C25H34FN5O5. The Morgan fingerprint density at radius 1 is 1.17 bits per heavy atom. The molecule has 3 fully saturated rings. The summed E-state index contributed by atoms with van der Waals surface area (Å²) in [4.78, 5) is 32.2. The second-order valence-corrected chi connectivity index (χ2v) is 9.28. The molecule has 3 aliphatic heterocycles. The minimum absolute atomic E-state index is 0.00151. The molecule has 36 heavy (non-hydrogen) atoms. The van der Waals surface area contributed by atoms with Crippen LogP contribution in [0.1, 0.15) is 31.7 Å². The van der Waals surface area contributed by atoms with Crippen LogP contribution in [-0.4, -0.2) is 106 Å². The number of rotatable bonds is 6. The smallest absolute Gasteiger partial charge is 0.328 e. The van der Waals surface area contributed by atoms with Crippen molar-refractivity contribution in [1.82, 2.24) is 19.6 Å². The molecule has 10 nitrogen and oxygen atoms in total. The van der Waals surface area contributed by atoms with Crippen molar-refractivity contribution in [3.63, 3.8) is 0 Å². The van der Waals surface area contributed by atoms with Crippen molar-refractivity contribution in [2.45, 2.75) is 45.0 Å². The van der Waals surface area contributed by atoms with Crippen molar-refractivity contribution < 1.29 is 28.9 Å². The third kappa shape index (κ3) is 5.37. The minimum atomic E-state index is -1.49. The van der Waals surface area contributed by atoms with Gasteiger partial charge in [0.15, 0.2) is 6.23 Å². The number of aliphatic hydroxyl groups excluding tert-OH is 2. The molecule has 3 amide bonds. The Bertz CT molecular complexity index is 1010. The third-order valence-corrected chi connectivity index (χ3v) is 7.03. The van der Waals surface area contributed by atoms with E-state index >= 15 is 0 Å². The first kappa shape index (κ1) is 26.1. The predicted molar refractivity (Wildman–Crippen MR) is 130 cm³/mol. The molecule has 3 heterocycles. The Hall–Kier alpha value is -3.02. The van der Waals surface area contributed by atoms with Gasteiger partial charge in [0.1, 0.15) is 17.4 Å². The number of amides is 3. The van der Waals surface area contributed by atoms with Crippen LogP contribution in [0, 0.1) is 11.2 Å². The summed E-state index contributed by atoms with van der Waals surface area (Å²) in [6, 6.07) is 4.61. The number of halogens is 1. The number of nitrogens with zero attached hydrogens (tertiary/aromatic N) is 4. The number of hydrogen-bond acceptors (Lipinski definition) is 7. The van der Waals surface area contributed by atoms with Gasteiger partial charge in [0.25, 0.3) is 0 Å². The van der Waals surface area contributed by atoms with Crippen molar-refractivity contribution >= 4 is 17.8 Å². The van der Waals surface area contributed by atoms with Crippen LogP contribution < -0.4 is 0 Å². The average molecular weight is 504 g/mol. The number of aliphatic hydroxyl groups is 2. The summed E-state index contributed by atoms with van der Waals surface area (Å²) in [5, 5.41) is 30.8. The summed E-state index contributed by atoms with van der Waals surface area (Å²) < 4.78 is 18.7. The van der Waals surface area contributed by atoms with Crippen LogP contribution in [0.15, 0.2) is 35.6 Å². The fourth-order valence-corrected chi connectivity index (χ4v) is 5.02. The van der Waals surface area contributed by atoms with E-state index in [1.807, 2.05) is 4.90 Å². The first-order valence-electron chi connectivity index (χ1n) is 12.4. The summed E-state index contributed by atoms with van der Waals surface area (Å²) in [7, 11) is 0. The zero-order valence-corrected chi connectivity index (χ0v) is 20.5. The van der Waals surface area contributed by atoms with Gasteiger partial charge in [-0.3, -0.25) is 24.9 Å². The molecule has 1 aromatic carbocycles. The molecule has 0 aromatic heterocycles. The summed E-state index contributed by atoms with van der Waals surface area (Å²) in [6.45, 7) is 4.48. The second kappa shape index (κ2) is 11.4. The summed E-state index contributed by atoms with van der Waals surface area (Å²) >= 11 is 0. The highest BCUT2D eigenvalue weighted by Crippen LogP contribution is 2.27. The highest BCUT2D eigenvalue weighted by Gasteiger charge is 2.42. The maximum absolute atomic E-state index is 13.3. The second-order valence-electron chi connectivity index (χ2n) is 9.28. The molecule has 3 aliphatic rings. The van der Waals surface area contributed by atoms with Gasteiger partial charge in [0, 0.05) is 19.6 Å². The molecule has 0 bridgehead atoms. The van der Waals surface area contributed by atoms with E-state index in [4.69, 9.17) is 10.1 Å². The maximum atomic E-state index is 13.3. The number of nitrogens with one attached hydrogen (secondary N) is 1. The molecule has 0 spiro atoms. The fraction of sp³-hybridized carbons (Fsp3) is 0.560. The van der Waals surface area contributed by atoms with Crippen LogP contribution in [0.5, 0.6) is 0 Å². The number of likely N-dealkylation sites (N-methyl/N-ethyl adjacent to an activating group) is 1. The van der Waals surface area contributed by atoms with E-state index in [1.165, 1.54) is 29.2 Å². The third-order valence-electron chi connectivity index (χ3n) is 7.03. The predicted octanol–water partition coefficient (Wildman–Crippen LogP) is 1.90. The largest absolute Gasteiger partial charge is 0.510 e. The quantitative estimate of drug-likeness (QED) is 0.510. The van der Waals surface area contributed by atoms with Gasteiger partial charge in [0.2, 0.25) is 5.91 Å². The molecule has 1 unspecified atom stereocenters. The number of urea groups is 1. The van der Waals surface area contributed by atoms with Crippen molar-refractivity contribution in [3.8, 4) is 0 Å². The van der Waals surface area contributed by atoms with Crippen LogP contribution in [0.4, 0.5) is 9.18 Å². The van der Waals surface area contributed by atoms with Crippen molar-refractivity contribution in [1.29, 1.82) is 5.41 Å². The van der Waals surface area contributed by atoms with Crippen LogP contribution >= 0.6 is 0 Å². The fourth-order valence-electron chi connectivity index (χ4n) is 5.02. The summed E-state index contributed by atoms with van der Waals surface area (Å²) in [6.07, 6.45) is 0.940. The first-order valence-corrected chi connectivity index (χ1v) is 12.4. The van der Waals surface area contributed by atoms with E-state index in [-0.39, 0.29) is 42.7 Å². The molecule has 11 heteroatoms. The van der Waals surface area contributed by atoms with Gasteiger partial charge in [-0.15, -0.1) is 0 Å². The molecule has 4 rings (SSSR count). The van der Waals surface area contributed by atoms with Gasteiger partial charge in [-0.1, -0.05) is 18.6 Å². The Morgan fingerprint density at radius 3 is 2.53 bits per heavy atom. The molecule has 0 aliphatic carbocycles. The van der Waals surface area contributed by atoms with E-state index < -0.39 is 24.1 Å².